The molecule has 0 amide bonds. The Balaban J connectivity index is 2.25. The summed E-state index contributed by atoms with van der Waals surface area (Å²) in [5.74, 6) is -0.216. The summed E-state index contributed by atoms with van der Waals surface area (Å²) in [6.07, 6.45) is 1.02. The lowest BCUT2D eigenvalue weighted by atomic mass is 10.2. The molecule has 8 heteroatoms. The lowest BCUT2D eigenvalue weighted by Gasteiger charge is -2.13. The van der Waals surface area contributed by atoms with Gasteiger partial charge in [-0.2, -0.15) is 0 Å². The predicted octanol–water partition coefficient (Wildman–Crippen LogP) is 1.57. The van der Waals surface area contributed by atoms with Gasteiger partial charge in [-0.25, -0.2) is 22.5 Å². The summed E-state index contributed by atoms with van der Waals surface area (Å²) in [6.45, 7) is -0.156. The highest BCUT2D eigenvalue weighted by Gasteiger charge is 2.14. The molecule has 1 aromatic heterocycles. The van der Waals surface area contributed by atoms with Crippen LogP contribution < -0.4 is 10.3 Å². The molecule has 0 aliphatic carbocycles. The summed E-state index contributed by atoms with van der Waals surface area (Å²) < 4.78 is 39.5. The van der Waals surface area contributed by atoms with Gasteiger partial charge in [0.2, 0.25) is 10.0 Å². The van der Waals surface area contributed by atoms with Gasteiger partial charge >= 0.3 is 0 Å². The van der Waals surface area contributed by atoms with Crippen molar-refractivity contribution in [3.63, 3.8) is 0 Å². The number of sulfonamides is 1. The van der Waals surface area contributed by atoms with Crippen molar-refractivity contribution in [2.24, 2.45) is 0 Å². The van der Waals surface area contributed by atoms with E-state index in [0.717, 1.165) is 6.26 Å². The molecule has 0 saturated heterocycles. The molecule has 1 heterocycles. The molecule has 0 radical (unpaired) electrons. The van der Waals surface area contributed by atoms with Gasteiger partial charge in [-0.15, -0.1) is 0 Å². The Morgan fingerprint density at radius 2 is 1.79 bits per heavy atom. The summed E-state index contributed by atoms with van der Waals surface area (Å²) >= 11 is 0. The van der Waals surface area contributed by atoms with Gasteiger partial charge in [0.05, 0.1) is 29.4 Å². The van der Waals surface area contributed by atoms with Crippen molar-refractivity contribution < 1.29 is 12.8 Å². The maximum Gasteiger partial charge on any atom is 0.266 e. The standard InChI is InChI=1S/C16H14FN3O3S/c1-24(22,23)18-10-15-19-14-5-3-2-4-13(14)16(21)20(15)12-8-6-11(17)7-9-12/h2-9,18H,10H2,1H3. The molecule has 1 N–H and O–H groups in total. The zero-order valence-corrected chi connectivity index (χ0v) is 13.5. The van der Waals surface area contributed by atoms with Gasteiger partial charge in [0.25, 0.3) is 5.56 Å². The number of nitrogens with zero attached hydrogens (tertiary/aromatic N) is 2. The third kappa shape index (κ3) is 3.34. The molecule has 0 aliphatic heterocycles. The minimum absolute atomic E-state index is 0.156. The van der Waals surface area contributed by atoms with Crippen LogP contribution in [-0.4, -0.2) is 24.2 Å². The topological polar surface area (TPSA) is 81.1 Å². The van der Waals surface area contributed by atoms with E-state index in [4.69, 9.17) is 0 Å². The van der Waals surface area contributed by atoms with Gasteiger partial charge in [0.1, 0.15) is 11.6 Å². The van der Waals surface area contributed by atoms with E-state index in [1.165, 1.54) is 28.8 Å². The first-order valence-corrected chi connectivity index (χ1v) is 8.95. The van der Waals surface area contributed by atoms with Gasteiger partial charge in [-0.1, -0.05) is 12.1 Å². The highest BCUT2D eigenvalue weighted by molar-refractivity contribution is 7.88. The van der Waals surface area contributed by atoms with E-state index in [2.05, 4.69) is 9.71 Å². The van der Waals surface area contributed by atoms with Crippen LogP contribution >= 0.6 is 0 Å². The molecule has 0 aliphatic rings. The molecule has 2 aromatic carbocycles. The van der Waals surface area contributed by atoms with Gasteiger partial charge in [0.15, 0.2) is 0 Å². The Hall–Kier alpha value is -2.58. The summed E-state index contributed by atoms with van der Waals surface area (Å²) in [6, 6.07) is 12.1. The van der Waals surface area contributed by atoms with E-state index in [1.807, 2.05) is 0 Å². The van der Waals surface area contributed by atoms with Crippen molar-refractivity contribution >= 4 is 20.9 Å². The van der Waals surface area contributed by atoms with E-state index < -0.39 is 15.8 Å². The molecule has 0 unspecified atom stereocenters. The van der Waals surface area contributed by atoms with Crippen LogP contribution in [-0.2, 0) is 16.6 Å². The number of halogens is 1. The smallest absolute Gasteiger partial charge is 0.266 e. The second-order valence-electron chi connectivity index (χ2n) is 5.26. The Morgan fingerprint density at radius 3 is 2.46 bits per heavy atom. The molecule has 124 valence electrons. The minimum Gasteiger partial charge on any atom is -0.268 e. The highest BCUT2D eigenvalue weighted by Crippen LogP contribution is 2.13. The molecule has 0 atom stereocenters. The molecular weight excluding hydrogens is 333 g/mol. The van der Waals surface area contributed by atoms with Gasteiger partial charge in [0, 0.05) is 0 Å². The van der Waals surface area contributed by atoms with Gasteiger partial charge in [-0.3, -0.25) is 9.36 Å². The van der Waals surface area contributed by atoms with Crippen molar-refractivity contribution in [1.29, 1.82) is 0 Å². The Kier molecular flexibility index (Phi) is 4.16. The number of rotatable bonds is 4. The number of nitrogens with one attached hydrogen (secondary N) is 1. The Morgan fingerprint density at radius 1 is 1.12 bits per heavy atom. The van der Waals surface area contributed by atoms with E-state index >= 15 is 0 Å². The van der Waals surface area contributed by atoms with Crippen LogP contribution in [0.15, 0.2) is 53.3 Å². The van der Waals surface area contributed by atoms with Gasteiger partial charge < -0.3 is 0 Å². The lowest BCUT2D eigenvalue weighted by Crippen LogP contribution is -2.29. The fourth-order valence-electron chi connectivity index (χ4n) is 2.35. The molecule has 0 spiro atoms. The summed E-state index contributed by atoms with van der Waals surface area (Å²) in [5.41, 5.74) is 0.522. The summed E-state index contributed by atoms with van der Waals surface area (Å²) in [5, 5.41) is 0.393. The van der Waals surface area contributed by atoms with Crippen LogP contribution in [0.2, 0.25) is 0 Å². The van der Waals surface area contributed by atoms with Gasteiger partial charge in [-0.05, 0) is 36.4 Å². The maximum atomic E-state index is 13.2. The van der Waals surface area contributed by atoms with Crippen molar-refractivity contribution in [1.82, 2.24) is 14.3 Å². The number of hydrogen-bond donors (Lipinski definition) is 1. The zero-order valence-electron chi connectivity index (χ0n) is 12.7. The molecule has 3 rings (SSSR count). The average molecular weight is 347 g/mol. The van der Waals surface area contributed by atoms with Crippen molar-refractivity contribution in [3.8, 4) is 5.69 Å². The molecule has 0 bridgehead atoms. The van der Waals surface area contributed by atoms with Crippen LogP contribution in [0.5, 0.6) is 0 Å². The third-order valence-electron chi connectivity index (χ3n) is 3.42. The average Bonchev–Trinajstić information content (AvgIpc) is 2.54. The van der Waals surface area contributed by atoms with E-state index in [0.29, 0.717) is 16.6 Å². The monoisotopic (exact) mass is 347 g/mol. The fourth-order valence-corrected chi connectivity index (χ4v) is 2.74. The van der Waals surface area contributed by atoms with Crippen LogP contribution in [0.3, 0.4) is 0 Å². The second kappa shape index (κ2) is 6.14. The summed E-state index contributed by atoms with van der Waals surface area (Å²) in [7, 11) is -3.46. The van der Waals surface area contributed by atoms with Crippen LogP contribution in [0.25, 0.3) is 16.6 Å². The Bertz CT molecular complexity index is 1060. The molecule has 0 saturated carbocycles. The number of fused-ring (bicyclic) bond motifs is 1. The number of aromatic nitrogens is 2. The first-order valence-electron chi connectivity index (χ1n) is 7.06. The van der Waals surface area contributed by atoms with Crippen LogP contribution in [0, 0.1) is 5.82 Å². The highest BCUT2D eigenvalue weighted by atomic mass is 32.2. The van der Waals surface area contributed by atoms with E-state index in [9.17, 15) is 17.6 Å². The van der Waals surface area contributed by atoms with E-state index in [-0.39, 0.29) is 17.9 Å². The largest absolute Gasteiger partial charge is 0.268 e. The van der Waals surface area contributed by atoms with Crippen LogP contribution in [0.4, 0.5) is 4.39 Å². The normalized spacial score (nSPS) is 11.8. The first kappa shape index (κ1) is 16.3. The molecule has 0 fully saturated rings. The van der Waals surface area contributed by atoms with Crippen molar-refractivity contribution in [2.45, 2.75) is 6.54 Å². The molecule has 24 heavy (non-hydrogen) atoms. The quantitative estimate of drug-likeness (QED) is 0.777. The zero-order chi connectivity index (χ0) is 17.3. The van der Waals surface area contributed by atoms with E-state index in [1.54, 1.807) is 24.3 Å². The maximum absolute atomic E-state index is 13.2. The predicted molar refractivity (Wildman–Crippen MR) is 89.0 cm³/mol. The second-order valence-corrected chi connectivity index (χ2v) is 7.09. The molecule has 3 aromatic rings. The lowest BCUT2D eigenvalue weighted by molar-refractivity contribution is 0.584. The third-order valence-corrected chi connectivity index (χ3v) is 4.09. The van der Waals surface area contributed by atoms with Crippen molar-refractivity contribution in [3.05, 3.63) is 70.5 Å². The number of hydrogen-bond acceptors (Lipinski definition) is 4. The number of benzene rings is 2. The van der Waals surface area contributed by atoms with Crippen LogP contribution in [0.1, 0.15) is 5.82 Å². The first-order chi connectivity index (χ1) is 11.3. The fraction of sp³-hybridized carbons (Fsp3) is 0.125. The number of para-hydroxylation sites is 1. The van der Waals surface area contributed by atoms with Crippen molar-refractivity contribution in [2.75, 3.05) is 6.26 Å². The summed E-state index contributed by atoms with van der Waals surface area (Å²) in [4.78, 5) is 17.2. The molecule has 6 nitrogen and oxygen atoms in total. The SMILES string of the molecule is CS(=O)(=O)NCc1nc2ccccc2c(=O)n1-c1ccc(F)cc1. The minimum atomic E-state index is -3.46. The Labute approximate surface area is 137 Å². The molecular formula is C16H14FN3O3S.